The van der Waals surface area contributed by atoms with Crippen molar-refractivity contribution in [3.05, 3.63) is 23.3 Å². The van der Waals surface area contributed by atoms with E-state index in [1.807, 2.05) is 6.07 Å². The molecule has 2 bridgehead atoms. The summed E-state index contributed by atoms with van der Waals surface area (Å²) in [5.74, 6) is 0.900. The topological polar surface area (TPSA) is 52.6 Å². The lowest BCUT2D eigenvalue weighted by atomic mass is 9.91. The third-order valence-corrected chi connectivity index (χ3v) is 5.63. The Morgan fingerprint density at radius 2 is 1.89 bits per heavy atom. The zero-order valence-electron chi connectivity index (χ0n) is 10.7. The second-order valence-corrected chi connectivity index (χ2v) is 7.59. The molecule has 2 aliphatic carbocycles. The monoisotopic (exact) mass is 302 g/mol. The highest BCUT2D eigenvalue weighted by atomic mass is 35.7. The molecular formula is C13H15ClO4S. The fraction of sp³-hybridized carbons (Fsp3) is 0.538. The van der Waals surface area contributed by atoms with E-state index in [0.717, 1.165) is 24.0 Å². The molecule has 0 saturated heterocycles. The van der Waals surface area contributed by atoms with Gasteiger partial charge in [0, 0.05) is 35.7 Å². The van der Waals surface area contributed by atoms with Crippen molar-refractivity contribution >= 4 is 19.7 Å². The second-order valence-electron chi connectivity index (χ2n) is 5.06. The van der Waals surface area contributed by atoms with Gasteiger partial charge >= 0.3 is 0 Å². The second kappa shape index (κ2) is 4.36. The van der Waals surface area contributed by atoms with E-state index >= 15 is 0 Å². The van der Waals surface area contributed by atoms with Gasteiger partial charge in [-0.25, -0.2) is 8.42 Å². The number of methoxy groups -OCH3 is 2. The Morgan fingerprint density at radius 3 is 2.47 bits per heavy atom. The summed E-state index contributed by atoms with van der Waals surface area (Å²) < 4.78 is 34.3. The van der Waals surface area contributed by atoms with E-state index < -0.39 is 9.05 Å². The average Bonchev–Trinajstić information content (AvgIpc) is 2.91. The molecular weight excluding hydrogens is 288 g/mol. The number of rotatable bonds is 3. The van der Waals surface area contributed by atoms with Crippen LogP contribution in [0.1, 0.15) is 35.8 Å². The van der Waals surface area contributed by atoms with E-state index in [0.29, 0.717) is 5.75 Å². The fourth-order valence-corrected chi connectivity index (χ4v) is 4.75. The fourth-order valence-electron chi connectivity index (χ4n) is 3.58. The molecule has 3 unspecified atom stereocenters. The molecule has 3 atom stereocenters. The zero-order valence-corrected chi connectivity index (χ0v) is 12.3. The number of fused-ring (bicyclic) bond motifs is 5. The van der Waals surface area contributed by atoms with Crippen molar-refractivity contribution in [2.75, 3.05) is 14.2 Å². The van der Waals surface area contributed by atoms with Gasteiger partial charge in [-0.1, -0.05) is 0 Å². The maximum Gasteiger partial charge on any atom is 0.261 e. The van der Waals surface area contributed by atoms with Crippen LogP contribution in [0.2, 0.25) is 0 Å². The van der Waals surface area contributed by atoms with Crippen LogP contribution < -0.4 is 4.74 Å². The minimum absolute atomic E-state index is 0.0549. The number of benzene rings is 1. The van der Waals surface area contributed by atoms with Gasteiger partial charge in [-0.3, -0.25) is 0 Å². The molecule has 0 spiro atoms. The first-order chi connectivity index (χ1) is 8.97. The minimum atomic E-state index is -3.78. The lowest BCUT2D eigenvalue weighted by Crippen LogP contribution is -2.13. The molecule has 19 heavy (non-hydrogen) atoms. The van der Waals surface area contributed by atoms with E-state index in [9.17, 15) is 8.42 Å². The molecule has 3 rings (SSSR count). The zero-order chi connectivity index (χ0) is 13.8. The van der Waals surface area contributed by atoms with Crippen molar-refractivity contribution in [2.24, 2.45) is 0 Å². The van der Waals surface area contributed by atoms with Crippen molar-refractivity contribution in [1.29, 1.82) is 0 Å². The van der Waals surface area contributed by atoms with Crippen LogP contribution in [0.15, 0.2) is 17.0 Å². The third-order valence-electron chi connectivity index (χ3n) is 4.27. The van der Waals surface area contributed by atoms with Gasteiger partial charge in [0.1, 0.15) is 5.75 Å². The van der Waals surface area contributed by atoms with Crippen molar-refractivity contribution in [2.45, 2.75) is 35.7 Å². The summed E-state index contributed by atoms with van der Waals surface area (Å²) in [5.41, 5.74) is 1.85. The number of halogens is 1. The Kier molecular flexibility index (Phi) is 3.04. The molecule has 0 amide bonds. The molecule has 4 nitrogen and oxygen atoms in total. The van der Waals surface area contributed by atoms with E-state index in [2.05, 4.69) is 0 Å². The Morgan fingerprint density at radius 1 is 1.21 bits per heavy atom. The SMILES string of the molecule is COc1cc2c(c(S(=O)(=O)Cl)c1)C1CCC2C1OC. The third kappa shape index (κ3) is 1.87. The minimum Gasteiger partial charge on any atom is -0.497 e. The highest BCUT2D eigenvalue weighted by Gasteiger charge is 2.48. The van der Waals surface area contributed by atoms with Gasteiger partial charge in [-0.15, -0.1) is 0 Å². The predicted octanol–water partition coefficient (Wildman–Crippen LogP) is 2.61. The van der Waals surface area contributed by atoms with Crippen LogP contribution in [0.3, 0.4) is 0 Å². The molecule has 6 heteroatoms. The molecule has 1 saturated carbocycles. The molecule has 0 N–H and O–H groups in total. The summed E-state index contributed by atoms with van der Waals surface area (Å²) in [4.78, 5) is 0.178. The smallest absolute Gasteiger partial charge is 0.261 e. The van der Waals surface area contributed by atoms with Crippen LogP contribution in [-0.4, -0.2) is 28.7 Å². The maximum absolute atomic E-state index is 11.8. The summed E-state index contributed by atoms with van der Waals surface area (Å²) in [6.07, 6.45) is 2.02. The first-order valence-electron chi connectivity index (χ1n) is 6.16. The van der Waals surface area contributed by atoms with Crippen LogP contribution >= 0.6 is 10.7 Å². The lowest BCUT2D eigenvalue weighted by molar-refractivity contribution is 0.0907. The van der Waals surface area contributed by atoms with Crippen molar-refractivity contribution < 1.29 is 17.9 Å². The van der Waals surface area contributed by atoms with Crippen molar-refractivity contribution in [1.82, 2.24) is 0 Å². The lowest BCUT2D eigenvalue weighted by Gasteiger charge is -2.18. The molecule has 1 aromatic rings. The molecule has 0 radical (unpaired) electrons. The summed E-state index contributed by atoms with van der Waals surface area (Å²) >= 11 is 0. The summed E-state index contributed by atoms with van der Waals surface area (Å²) in [6.45, 7) is 0. The van der Waals surface area contributed by atoms with Gasteiger partial charge in [0.15, 0.2) is 0 Å². The Bertz CT molecular complexity index is 626. The van der Waals surface area contributed by atoms with Crippen LogP contribution in [-0.2, 0) is 13.8 Å². The average molecular weight is 303 g/mol. The molecule has 104 valence electrons. The normalized spacial score (nSPS) is 28.5. The van der Waals surface area contributed by atoms with Gasteiger partial charge in [0.05, 0.1) is 18.1 Å². The maximum atomic E-state index is 11.8. The van der Waals surface area contributed by atoms with Crippen LogP contribution in [0.5, 0.6) is 5.75 Å². The summed E-state index contributed by atoms with van der Waals surface area (Å²) in [7, 11) is 4.99. The highest BCUT2D eigenvalue weighted by Crippen LogP contribution is 2.57. The van der Waals surface area contributed by atoms with Crippen LogP contribution in [0, 0.1) is 0 Å². The Labute approximate surface area is 117 Å². The van der Waals surface area contributed by atoms with Crippen molar-refractivity contribution in [3.63, 3.8) is 0 Å². The Balaban J connectivity index is 2.26. The van der Waals surface area contributed by atoms with E-state index in [1.54, 1.807) is 7.11 Å². The number of hydrogen-bond donors (Lipinski definition) is 0. The van der Waals surface area contributed by atoms with Gasteiger partial charge in [0.25, 0.3) is 9.05 Å². The van der Waals surface area contributed by atoms with Gasteiger partial charge < -0.3 is 9.47 Å². The van der Waals surface area contributed by atoms with Crippen molar-refractivity contribution in [3.8, 4) is 5.75 Å². The Hall–Kier alpha value is -0.780. The van der Waals surface area contributed by atoms with Gasteiger partial charge in [0.2, 0.25) is 0 Å². The number of ether oxygens (including phenoxy) is 2. The number of hydrogen-bond acceptors (Lipinski definition) is 4. The summed E-state index contributed by atoms with van der Waals surface area (Å²) in [6, 6.07) is 3.42. The van der Waals surface area contributed by atoms with E-state index in [-0.39, 0.29) is 22.8 Å². The quantitative estimate of drug-likeness (QED) is 0.805. The molecule has 0 heterocycles. The first-order valence-corrected chi connectivity index (χ1v) is 8.47. The van der Waals surface area contributed by atoms with E-state index in [4.69, 9.17) is 20.2 Å². The molecule has 1 fully saturated rings. The van der Waals surface area contributed by atoms with Gasteiger partial charge in [-0.2, -0.15) is 0 Å². The van der Waals surface area contributed by atoms with E-state index in [1.165, 1.54) is 13.2 Å². The van der Waals surface area contributed by atoms with Crippen LogP contribution in [0.25, 0.3) is 0 Å². The standard InChI is InChI=1S/C13H15ClO4S/c1-17-7-5-10-8-3-4-9(13(8)18-2)12(10)11(6-7)19(14,15)16/h5-6,8-9,13H,3-4H2,1-2H3. The molecule has 1 aromatic carbocycles. The highest BCUT2D eigenvalue weighted by molar-refractivity contribution is 8.13. The summed E-state index contributed by atoms with van der Waals surface area (Å²) in [5, 5.41) is 0. The first kappa shape index (κ1) is 13.2. The molecule has 0 aliphatic heterocycles. The molecule has 0 aromatic heterocycles. The largest absolute Gasteiger partial charge is 0.497 e. The predicted molar refractivity (Wildman–Crippen MR) is 71.5 cm³/mol. The molecule has 2 aliphatic rings. The van der Waals surface area contributed by atoms with Crippen LogP contribution in [0.4, 0.5) is 0 Å². The van der Waals surface area contributed by atoms with Gasteiger partial charge in [-0.05, 0) is 30.0 Å².